The Morgan fingerprint density at radius 2 is 1.53 bits per heavy atom. The molecule has 0 rings (SSSR count). The van der Waals surface area contributed by atoms with Gasteiger partial charge in [-0.25, -0.2) is 0 Å². The summed E-state index contributed by atoms with van der Waals surface area (Å²) in [6.45, 7) is 5.15. The molecule has 0 aliphatic rings. The summed E-state index contributed by atoms with van der Waals surface area (Å²) in [5.41, 5.74) is 0. The molecule has 0 aromatic heterocycles. The Morgan fingerprint density at radius 3 is 2.07 bits per heavy atom. The number of hydrogen-bond acceptors (Lipinski definition) is 2. The molecule has 0 saturated carbocycles. The van der Waals surface area contributed by atoms with Gasteiger partial charge in [0.05, 0.1) is 12.1 Å². The first-order chi connectivity index (χ1) is 7.31. The third-order valence-electron chi connectivity index (χ3n) is 2.67. The zero-order chi connectivity index (χ0) is 11.4. The highest BCUT2D eigenvalue weighted by atomic mass is 14.9. The van der Waals surface area contributed by atoms with Gasteiger partial charge < -0.3 is 5.32 Å². The summed E-state index contributed by atoms with van der Waals surface area (Å²) in [4.78, 5) is 0. The minimum Gasteiger partial charge on any atom is -0.302 e. The van der Waals surface area contributed by atoms with Crippen LogP contribution in [-0.4, -0.2) is 12.6 Å². The van der Waals surface area contributed by atoms with E-state index in [0.29, 0.717) is 0 Å². The molecule has 2 heteroatoms. The lowest BCUT2D eigenvalue weighted by atomic mass is 10.1. The first-order valence-corrected chi connectivity index (χ1v) is 6.44. The molecule has 0 bridgehead atoms. The van der Waals surface area contributed by atoms with E-state index >= 15 is 0 Å². The number of rotatable bonds is 10. The number of unbranched alkanes of at least 4 members (excludes halogenated alkanes) is 7. The summed E-state index contributed by atoms with van der Waals surface area (Å²) in [5.74, 6) is 0. The van der Waals surface area contributed by atoms with Gasteiger partial charge in [-0.3, -0.25) is 0 Å². The normalized spacial score (nSPS) is 12.3. The molecule has 0 aliphatic heterocycles. The van der Waals surface area contributed by atoms with Gasteiger partial charge in [0.25, 0.3) is 0 Å². The summed E-state index contributed by atoms with van der Waals surface area (Å²) in [7, 11) is 0. The van der Waals surface area contributed by atoms with E-state index in [-0.39, 0.29) is 6.04 Å². The largest absolute Gasteiger partial charge is 0.302 e. The lowest BCUT2D eigenvalue weighted by molar-refractivity contribution is 0.545. The van der Waals surface area contributed by atoms with Crippen molar-refractivity contribution in [3.63, 3.8) is 0 Å². The average molecular weight is 210 g/mol. The van der Waals surface area contributed by atoms with Crippen LogP contribution in [-0.2, 0) is 0 Å². The second kappa shape index (κ2) is 11.5. The molecular formula is C13H26N2. The van der Waals surface area contributed by atoms with Crippen molar-refractivity contribution in [2.24, 2.45) is 0 Å². The van der Waals surface area contributed by atoms with E-state index in [1.807, 2.05) is 6.92 Å². The van der Waals surface area contributed by atoms with Crippen molar-refractivity contribution < 1.29 is 0 Å². The second-order valence-corrected chi connectivity index (χ2v) is 4.28. The Labute approximate surface area is 95.1 Å². The summed E-state index contributed by atoms with van der Waals surface area (Å²) in [5, 5.41) is 11.7. The first-order valence-electron chi connectivity index (χ1n) is 6.44. The molecule has 0 fully saturated rings. The SMILES string of the molecule is CCCCCCCCCCNC(C)C#N. The number of nitrogens with one attached hydrogen (secondary N) is 1. The van der Waals surface area contributed by atoms with Gasteiger partial charge in [-0.1, -0.05) is 51.9 Å². The average Bonchev–Trinajstić information content (AvgIpc) is 2.26. The van der Waals surface area contributed by atoms with Gasteiger partial charge in [-0.2, -0.15) is 5.26 Å². The molecule has 0 amide bonds. The minimum absolute atomic E-state index is 0.00885. The van der Waals surface area contributed by atoms with Crippen molar-refractivity contribution in [2.45, 2.75) is 71.3 Å². The number of nitrogens with zero attached hydrogens (tertiary/aromatic N) is 1. The van der Waals surface area contributed by atoms with Crippen molar-refractivity contribution in [2.75, 3.05) is 6.54 Å². The van der Waals surface area contributed by atoms with Crippen molar-refractivity contribution in [1.29, 1.82) is 5.26 Å². The zero-order valence-electron chi connectivity index (χ0n) is 10.4. The van der Waals surface area contributed by atoms with Crippen LogP contribution in [0.2, 0.25) is 0 Å². The Hall–Kier alpha value is -0.550. The van der Waals surface area contributed by atoms with Crippen LogP contribution in [0.3, 0.4) is 0 Å². The van der Waals surface area contributed by atoms with Gasteiger partial charge in [0, 0.05) is 0 Å². The monoisotopic (exact) mass is 210 g/mol. The van der Waals surface area contributed by atoms with Crippen molar-refractivity contribution in [1.82, 2.24) is 5.32 Å². The van der Waals surface area contributed by atoms with Crippen molar-refractivity contribution >= 4 is 0 Å². The maximum Gasteiger partial charge on any atom is 0.0924 e. The highest BCUT2D eigenvalue weighted by Gasteiger charge is 1.96. The zero-order valence-corrected chi connectivity index (χ0v) is 10.4. The minimum atomic E-state index is 0.00885. The molecule has 1 unspecified atom stereocenters. The van der Waals surface area contributed by atoms with E-state index in [4.69, 9.17) is 5.26 Å². The predicted octanol–water partition coefficient (Wildman–Crippen LogP) is 3.63. The van der Waals surface area contributed by atoms with Crippen molar-refractivity contribution in [3.8, 4) is 6.07 Å². The van der Waals surface area contributed by atoms with Gasteiger partial charge in [0.2, 0.25) is 0 Å². The maximum absolute atomic E-state index is 8.55. The van der Waals surface area contributed by atoms with Crippen LogP contribution in [0.25, 0.3) is 0 Å². The van der Waals surface area contributed by atoms with Crippen LogP contribution in [0.15, 0.2) is 0 Å². The lowest BCUT2D eigenvalue weighted by Gasteiger charge is -2.05. The first kappa shape index (κ1) is 14.5. The summed E-state index contributed by atoms with van der Waals surface area (Å²) in [6, 6.07) is 2.19. The molecule has 88 valence electrons. The third-order valence-corrected chi connectivity index (χ3v) is 2.67. The fraction of sp³-hybridized carbons (Fsp3) is 0.923. The maximum atomic E-state index is 8.55. The quantitative estimate of drug-likeness (QED) is 0.559. The molecule has 15 heavy (non-hydrogen) atoms. The van der Waals surface area contributed by atoms with Crippen LogP contribution >= 0.6 is 0 Å². The Morgan fingerprint density at radius 1 is 1.00 bits per heavy atom. The highest BCUT2D eigenvalue weighted by Crippen LogP contribution is 2.07. The number of nitriles is 1. The van der Waals surface area contributed by atoms with E-state index in [0.717, 1.165) is 6.54 Å². The predicted molar refractivity (Wildman–Crippen MR) is 65.7 cm³/mol. The number of hydrogen-bond donors (Lipinski definition) is 1. The van der Waals surface area contributed by atoms with Crippen molar-refractivity contribution in [3.05, 3.63) is 0 Å². The standard InChI is InChI=1S/C13H26N2/c1-3-4-5-6-7-8-9-10-11-15-13(2)12-14/h13,15H,3-11H2,1-2H3. The van der Waals surface area contributed by atoms with Gasteiger partial charge >= 0.3 is 0 Å². The summed E-state index contributed by atoms with van der Waals surface area (Å²) in [6.07, 6.45) is 10.8. The molecule has 0 aromatic rings. The topological polar surface area (TPSA) is 35.8 Å². The fourth-order valence-corrected chi connectivity index (χ4v) is 1.62. The van der Waals surface area contributed by atoms with Gasteiger partial charge in [0.15, 0.2) is 0 Å². The summed E-state index contributed by atoms with van der Waals surface area (Å²) < 4.78 is 0. The third kappa shape index (κ3) is 11.4. The van der Waals surface area contributed by atoms with E-state index < -0.39 is 0 Å². The van der Waals surface area contributed by atoms with E-state index in [2.05, 4.69) is 18.3 Å². The Bertz CT molecular complexity index is 160. The van der Waals surface area contributed by atoms with Crippen LogP contribution in [0.1, 0.15) is 65.2 Å². The molecule has 0 spiro atoms. The van der Waals surface area contributed by atoms with Crippen LogP contribution in [0.5, 0.6) is 0 Å². The van der Waals surface area contributed by atoms with E-state index in [1.165, 1.54) is 51.4 Å². The smallest absolute Gasteiger partial charge is 0.0924 e. The lowest BCUT2D eigenvalue weighted by Crippen LogP contribution is -2.25. The Kier molecular flexibility index (Phi) is 11.1. The van der Waals surface area contributed by atoms with Gasteiger partial charge in [-0.05, 0) is 19.9 Å². The fourth-order valence-electron chi connectivity index (χ4n) is 1.62. The molecule has 0 aromatic carbocycles. The van der Waals surface area contributed by atoms with E-state index in [9.17, 15) is 0 Å². The molecule has 0 heterocycles. The molecule has 2 nitrogen and oxygen atoms in total. The van der Waals surface area contributed by atoms with Gasteiger partial charge in [-0.15, -0.1) is 0 Å². The second-order valence-electron chi connectivity index (χ2n) is 4.28. The molecule has 0 radical (unpaired) electrons. The molecule has 0 aliphatic carbocycles. The summed E-state index contributed by atoms with van der Waals surface area (Å²) >= 11 is 0. The molecular weight excluding hydrogens is 184 g/mol. The van der Waals surface area contributed by atoms with Crippen LogP contribution < -0.4 is 5.32 Å². The van der Waals surface area contributed by atoms with E-state index in [1.54, 1.807) is 0 Å². The van der Waals surface area contributed by atoms with Gasteiger partial charge in [0.1, 0.15) is 0 Å². The van der Waals surface area contributed by atoms with Crippen LogP contribution in [0.4, 0.5) is 0 Å². The highest BCUT2D eigenvalue weighted by molar-refractivity contribution is 4.84. The van der Waals surface area contributed by atoms with Crippen LogP contribution in [0, 0.1) is 11.3 Å². The molecule has 0 saturated heterocycles. The molecule has 1 atom stereocenters. The Balaban J connectivity index is 2.96. The molecule has 1 N–H and O–H groups in total.